The van der Waals surface area contributed by atoms with E-state index in [-0.39, 0.29) is 5.69 Å². The molecule has 0 bridgehead atoms. The topological polar surface area (TPSA) is 94.1 Å². The summed E-state index contributed by atoms with van der Waals surface area (Å²) in [6, 6.07) is 9.77. The lowest BCUT2D eigenvalue weighted by Crippen LogP contribution is -1.96. The van der Waals surface area contributed by atoms with E-state index >= 15 is 0 Å². The Hall–Kier alpha value is -2.63. The fraction of sp³-hybridized carbons (Fsp3) is 0. The van der Waals surface area contributed by atoms with Crippen LogP contribution in [0.1, 0.15) is 0 Å². The molecule has 1 aromatic heterocycles. The Kier molecular flexibility index (Phi) is 2.87. The van der Waals surface area contributed by atoms with Crippen molar-refractivity contribution in [2.45, 2.75) is 0 Å². The van der Waals surface area contributed by atoms with Crippen molar-refractivity contribution < 1.29 is 4.92 Å². The molecule has 2 rings (SSSR count). The maximum Gasteiger partial charge on any atom is 0.274 e. The Morgan fingerprint density at radius 2 is 2.12 bits per heavy atom. The second-order valence-corrected chi connectivity index (χ2v) is 3.41. The summed E-state index contributed by atoms with van der Waals surface area (Å²) in [5, 5.41) is 13.5. The van der Waals surface area contributed by atoms with Crippen LogP contribution in [0, 0.1) is 10.1 Å². The van der Waals surface area contributed by atoms with Gasteiger partial charge in [0.15, 0.2) is 0 Å². The Morgan fingerprint density at radius 1 is 1.29 bits per heavy atom. The number of nitro groups is 1. The molecule has 0 unspecified atom stereocenters. The molecule has 1 aromatic carbocycles. The first-order chi connectivity index (χ1) is 8.15. The van der Waals surface area contributed by atoms with Crippen molar-refractivity contribution >= 4 is 22.9 Å². The predicted octanol–water partition coefficient (Wildman–Crippen LogP) is 2.32. The summed E-state index contributed by atoms with van der Waals surface area (Å²) < 4.78 is 0. The number of aromatic nitrogens is 1. The van der Waals surface area contributed by atoms with Gasteiger partial charge in [0.1, 0.15) is 5.82 Å². The van der Waals surface area contributed by atoms with Crippen molar-refractivity contribution in [3.63, 3.8) is 0 Å². The fourth-order valence-corrected chi connectivity index (χ4v) is 1.37. The zero-order chi connectivity index (χ0) is 12.3. The van der Waals surface area contributed by atoms with Gasteiger partial charge in [-0.2, -0.15) is 0 Å². The number of nitrogens with one attached hydrogen (secondary N) is 1. The van der Waals surface area contributed by atoms with Gasteiger partial charge < -0.3 is 11.1 Å². The normalized spacial score (nSPS) is 9.88. The summed E-state index contributed by atoms with van der Waals surface area (Å²) in [7, 11) is 0. The number of nitrogens with zero attached hydrogens (tertiary/aromatic N) is 2. The van der Waals surface area contributed by atoms with Crippen molar-refractivity contribution in [3.05, 3.63) is 52.7 Å². The molecule has 0 saturated heterocycles. The highest BCUT2D eigenvalue weighted by atomic mass is 16.6. The molecule has 6 nitrogen and oxygen atoms in total. The lowest BCUT2D eigenvalue weighted by atomic mass is 10.3. The molecule has 0 aliphatic heterocycles. The van der Waals surface area contributed by atoms with E-state index in [0.29, 0.717) is 11.5 Å². The summed E-state index contributed by atoms with van der Waals surface area (Å²) in [4.78, 5) is 14.1. The van der Waals surface area contributed by atoms with Gasteiger partial charge in [0, 0.05) is 23.6 Å². The van der Waals surface area contributed by atoms with Crippen molar-refractivity contribution in [1.82, 2.24) is 4.98 Å². The van der Waals surface area contributed by atoms with E-state index in [2.05, 4.69) is 10.3 Å². The molecule has 3 N–H and O–H groups in total. The number of anilines is 3. The standard InChI is InChI=1S/C11H10N4O2/c12-8-2-1-3-9(6-8)14-11-7-10(15(16)17)4-5-13-11/h1-7H,12H2,(H,13,14). The Morgan fingerprint density at radius 3 is 2.82 bits per heavy atom. The molecule has 0 spiro atoms. The number of hydrogen-bond donors (Lipinski definition) is 2. The van der Waals surface area contributed by atoms with Gasteiger partial charge in [-0.3, -0.25) is 10.1 Å². The summed E-state index contributed by atoms with van der Waals surface area (Å²) >= 11 is 0. The first-order valence-electron chi connectivity index (χ1n) is 4.88. The minimum absolute atomic E-state index is 0.00796. The fourth-order valence-electron chi connectivity index (χ4n) is 1.37. The van der Waals surface area contributed by atoms with Crippen LogP contribution in [-0.2, 0) is 0 Å². The van der Waals surface area contributed by atoms with E-state index in [1.165, 1.54) is 18.3 Å². The second-order valence-electron chi connectivity index (χ2n) is 3.41. The largest absolute Gasteiger partial charge is 0.399 e. The lowest BCUT2D eigenvalue weighted by molar-refractivity contribution is -0.384. The molecule has 86 valence electrons. The van der Waals surface area contributed by atoms with Crippen LogP contribution in [0.3, 0.4) is 0 Å². The number of benzene rings is 1. The molecular formula is C11H10N4O2. The van der Waals surface area contributed by atoms with Gasteiger partial charge in [-0.05, 0) is 18.2 Å². The molecule has 0 aliphatic carbocycles. The van der Waals surface area contributed by atoms with Crippen LogP contribution < -0.4 is 11.1 Å². The van der Waals surface area contributed by atoms with E-state index in [9.17, 15) is 10.1 Å². The van der Waals surface area contributed by atoms with E-state index in [1.54, 1.807) is 24.3 Å². The summed E-state index contributed by atoms with van der Waals surface area (Å²) in [5.41, 5.74) is 6.96. The Labute approximate surface area is 97.3 Å². The first-order valence-corrected chi connectivity index (χ1v) is 4.88. The van der Waals surface area contributed by atoms with Crippen LogP contribution in [0.25, 0.3) is 0 Å². The Bertz CT molecular complexity index is 557. The van der Waals surface area contributed by atoms with Crippen LogP contribution in [0.15, 0.2) is 42.6 Å². The molecule has 6 heteroatoms. The van der Waals surface area contributed by atoms with Gasteiger partial charge in [-0.15, -0.1) is 0 Å². The van der Waals surface area contributed by atoms with E-state index in [4.69, 9.17) is 5.73 Å². The van der Waals surface area contributed by atoms with Crippen LogP contribution >= 0.6 is 0 Å². The highest BCUT2D eigenvalue weighted by molar-refractivity contribution is 5.62. The van der Waals surface area contributed by atoms with E-state index in [0.717, 1.165) is 5.69 Å². The van der Waals surface area contributed by atoms with Gasteiger partial charge in [0.25, 0.3) is 5.69 Å². The van der Waals surface area contributed by atoms with Crippen molar-refractivity contribution in [3.8, 4) is 0 Å². The molecule has 0 saturated carbocycles. The number of nitrogens with two attached hydrogens (primary N) is 1. The van der Waals surface area contributed by atoms with Crippen molar-refractivity contribution in [2.24, 2.45) is 0 Å². The van der Waals surface area contributed by atoms with Gasteiger partial charge >= 0.3 is 0 Å². The minimum atomic E-state index is -0.466. The monoisotopic (exact) mass is 230 g/mol. The van der Waals surface area contributed by atoms with Crippen LogP contribution in [0.2, 0.25) is 0 Å². The summed E-state index contributed by atoms with van der Waals surface area (Å²) in [5.74, 6) is 0.407. The molecule has 0 aliphatic rings. The van der Waals surface area contributed by atoms with Gasteiger partial charge in [0.2, 0.25) is 0 Å². The predicted molar refractivity (Wildman–Crippen MR) is 65.0 cm³/mol. The molecular weight excluding hydrogens is 220 g/mol. The van der Waals surface area contributed by atoms with Crippen LogP contribution in [0.5, 0.6) is 0 Å². The smallest absolute Gasteiger partial charge is 0.274 e. The molecule has 0 atom stereocenters. The molecule has 0 amide bonds. The number of hydrogen-bond acceptors (Lipinski definition) is 5. The summed E-state index contributed by atoms with van der Waals surface area (Å²) in [6.45, 7) is 0. The van der Waals surface area contributed by atoms with Gasteiger partial charge in [-0.1, -0.05) is 6.07 Å². The quantitative estimate of drug-likeness (QED) is 0.479. The Balaban J connectivity index is 2.24. The third-order valence-corrected chi connectivity index (χ3v) is 2.11. The lowest BCUT2D eigenvalue weighted by Gasteiger charge is -2.05. The average molecular weight is 230 g/mol. The number of pyridine rings is 1. The van der Waals surface area contributed by atoms with E-state index in [1.807, 2.05) is 0 Å². The molecule has 2 aromatic rings. The highest BCUT2D eigenvalue weighted by Gasteiger charge is 2.06. The maximum absolute atomic E-state index is 10.6. The zero-order valence-electron chi connectivity index (χ0n) is 8.83. The highest BCUT2D eigenvalue weighted by Crippen LogP contribution is 2.20. The molecule has 0 fully saturated rings. The average Bonchev–Trinajstić information content (AvgIpc) is 2.29. The SMILES string of the molecule is Nc1cccc(Nc2cc([N+](=O)[O-])ccn2)c1. The van der Waals surface area contributed by atoms with E-state index < -0.39 is 4.92 Å². The first kappa shape index (κ1) is 10.9. The van der Waals surface area contributed by atoms with Gasteiger partial charge in [-0.25, -0.2) is 4.98 Å². The van der Waals surface area contributed by atoms with Crippen molar-refractivity contribution in [1.29, 1.82) is 0 Å². The van der Waals surface area contributed by atoms with Crippen LogP contribution in [-0.4, -0.2) is 9.91 Å². The molecule has 0 radical (unpaired) electrons. The molecule has 1 heterocycles. The third-order valence-electron chi connectivity index (χ3n) is 2.11. The second kappa shape index (κ2) is 4.48. The van der Waals surface area contributed by atoms with Gasteiger partial charge in [0.05, 0.1) is 11.0 Å². The zero-order valence-corrected chi connectivity index (χ0v) is 8.83. The van der Waals surface area contributed by atoms with Crippen LogP contribution in [0.4, 0.5) is 22.9 Å². The molecule has 17 heavy (non-hydrogen) atoms. The number of rotatable bonds is 3. The number of nitrogen functional groups attached to an aromatic ring is 1. The minimum Gasteiger partial charge on any atom is -0.399 e. The maximum atomic E-state index is 10.6. The third kappa shape index (κ3) is 2.69. The summed E-state index contributed by atoms with van der Waals surface area (Å²) in [6.07, 6.45) is 1.38. The van der Waals surface area contributed by atoms with Crippen molar-refractivity contribution in [2.75, 3.05) is 11.1 Å².